The minimum absolute atomic E-state index is 0.0669. The zero-order valence-electron chi connectivity index (χ0n) is 12.3. The third kappa shape index (κ3) is 2.71. The van der Waals surface area contributed by atoms with Crippen LogP contribution >= 0.6 is 0 Å². The molecule has 1 aliphatic carbocycles. The lowest BCUT2D eigenvalue weighted by Gasteiger charge is -2.15. The maximum Gasteiger partial charge on any atom is 0.316 e. The van der Waals surface area contributed by atoms with E-state index in [2.05, 4.69) is 12.0 Å². The third-order valence-electron chi connectivity index (χ3n) is 4.06. The first-order chi connectivity index (χ1) is 10.3. The van der Waals surface area contributed by atoms with Crippen LogP contribution in [-0.4, -0.2) is 22.4 Å². The Hall–Kier alpha value is -2.10. The Morgan fingerprint density at radius 2 is 2.10 bits per heavy atom. The molecule has 110 valence electrons. The smallest absolute Gasteiger partial charge is 0.316 e. The molecule has 1 aliphatic rings. The minimum Gasteiger partial charge on any atom is -0.465 e. The largest absolute Gasteiger partial charge is 0.465 e. The van der Waals surface area contributed by atoms with Gasteiger partial charge < -0.3 is 4.74 Å². The summed E-state index contributed by atoms with van der Waals surface area (Å²) in [5.74, 6) is -0.0669. The lowest BCUT2D eigenvalue weighted by molar-refractivity contribution is -0.146. The van der Waals surface area contributed by atoms with E-state index in [1.807, 2.05) is 41.2 Å². The van der Waals surface area contributed by atoms with E-state index >= 15 is 0 Å². The number of hydrogen-bond acceptors (Lipinski definition) is 3. The number of unbranched alkanes of at least 4 members (excludes halogenated alkanes) is 1. The third-order valence-corrected chi connectivity index (χ3v) is 4.06. The van der Waals surface area contributed by atoms with Crippen molar-refractivity contribution in [3.05, 3.63) is 48.3 Å². The molecule has 0 aliphatic heterocycles. The molecule has 1 aromatic carbocycles. The Morgan fingerprint density at radius 3 is 2.67 bits per heavy atom. The average Bonchev–Trinajstić information content (AvgIpc) is 3.15. The number of hydrogen-bond donors (Lipinski definition) is 0. The zero-order valence-corrected chi connectivity index (χ0v) is 12.3. The lowest BCUT2D eigenvalue weighted by Crippen LogP contribution is -2.23. The van der Waals surface area contributed by atoms with Gasteiger partial charge in [0.05, 0.1) is 17.7 Å². The molecule has 2 aromatic rings. The number of carbonyl (C=O) groups is 1. The Labute approximate surface area is 124 Å². The number of benzene rings is 1. The fraction of sp³-hybridized carbons (Fsp3) is 0.412. The van der Waals surface area contributed by atoms with Crippen LogP contribution < -0.4 is 0 Å². The predicted octanol–water partition coefficient (Wildman–Crippen LogP) is 3.25. The molecule has 0 unspecified atom stereocenters. The molecule has 0 amide bonds. The molecule has 4 nitrogen and oxygen atoms in total. The quantitative estimate of drug-likeness (QED) is 0.604. The first kappa shape index (κ1) is 13.9. The SMILES string of the molecule is CCCCOC(=O)C1(c2ccc(-n3cccn3)cc2)CC1. The maximum absolute atomic E-state index is 12.3. The van der Waals surface area contributed by atoms with E-state index in [9.17, 15) is 4.79 Å². The van der Waals surface area contributed by atoms with Crippen LogP contribution in [0.5, 0.6) is 0 Å². The molecule has 3 rings (SSSR count). The molecule has 1 saturated carbocycles. The first-order valence-corrected chi connectivity index (χ1v) is 7.54. The van der Waals surface area contributed by atoms with Crippen molar-refractivity contribution in [2.75, 3.05) is 6.61 Å². The average molecular weight is 284 g/mol. The van der Waals surface area contributed by atoms with Gasteiger partial charge >= 0.3 is 5.97 Å². The van der Waals surface area contributed by atoms with Gasteiger partial charge in [-0.15, -0.1) is 0 Å². The monoisotopic (exact) mass is 284 g/mol. The van der Waals surface area contributed by atoms with Gasteiger partial charge in [-0.05, 0) is 43.0 Å². The van der Waals surface area contributed by atoms with Crippen molar-refractivity contribution < 1.29 is 9.53 Å². The van der Waals surface area contributed by atoms with Gasteiger partial charge in [0.2, 0.25) is 0 Å². The fourth-order valence-corrected chi connectivity index (χ4v) is 2.54. The summed E-state index contributed by atoms with van der Waals surface area (Å²) < 4.78 is 7.22. The Morgan fingerprint density at radius 1 is 1.33 bits per heavy atom. The van der Waals surface area contributed by atoms with Crippen LogP contribution in [0.4, 0.5) is 0 Å². The Kier molecular flexibility index (Phi) is 3.78. The molecule has 1 aromatic heterocycles. The second-order valence-electron chi connectivity index (χ2n) is 5.57. The van der Waals surface area contributed by atoms with Crippen LogP contribution in [0.25, 0.3) is 5.69 Å². The highest BCUT2D eigenvalue weighted by molar-refractivity contribution is 5.86. The van der Waals surface area contributed by atoms with Gasteiger partial charge in [-0.25, -0.2) is 4.68 Å². The van der Waals surface area contributed by atoms with Gasteiger partial charge in [0, 0.05) is 12.4 Å². The van der Waals surface area contributed by atoms with E-state index in [0.717, 1.165) is 36.9 Å². The van der Waals surface area contributed by atoms with Crippen molar-refractivity contribution in [1.82, 2.24) is 9.78 Å². The predicted molar refractivity (Wildman–Crippen MR) is 80.3 cm³/mol. The van der Waals surface area contributed by atoms with Crippen molar-refractivity contribution in [3.8, 4) is 5.69 Å². The second kappa shape index (κ2) is 5.72. The van der Waals surface area contributed by atoms with Crippen molar-refractivity contribution in [2.24, 2.45) is 0 Å². The number of esters is 1. The summed E-state index contributed by atoms with van der Waals surface area (Å²) in [4.78, 5) is 12.3. The fourth-order valence-electron chi connectivity index (χ4n) is 2.54. The van der Waals surface area contributed by atoms with Crippen LogP contribution in [0.3, 0.4) is 0 Å². The minimum atomic E-state index is -0.392. The van der Waals surface area contributed by atoms with Crippen molar-refractivity contribution in [1.29, 1.82) is 0 Å². The molecule has 0 radical (unpaired) electrons. The summed E-state index contributed by atoms with van der Waals surface area (Å²) in [7, 11) is 0. The number of nitrogens with zero attached hydrogens (tertiary/aromatic N) is 2. The lowest BCUT2D eigenvalue weighted by atomic mass is 9.96. The highest BCUT2D eigenvalue weighted by Gasteiger charge is 2.52. The first-order valence-electron chi connectivity index (χ1n) is 7.54. The van der Waals surface area contributed by atoms with Gasteiger partial charge in [0.25, 0.3) is 0 Å². The summed E-state index contributed by atoms with van der Waals surface area (Å²) in [5, 5.41) is 4.20. The van der Waals surface area contributed by atoms with Crippen molar-refractivity contribution in [2.45, 2.75) is 38.0 Å². The van der Waals surface area contributed by atoms with Gasteiger partial charge in [0.15, 0.2) is 0 Å². The molecule has 4 heteroatoms. The zero-order chi connectivity index (χ0) is 14.7. The summed E-state index contributed by atoms with van der Waals surface area (Å²) >= 11 is 0. The van der Waals surface area contributed by atoms with Crippen LogP contribution in [-0.2, 0) is 14.9 Å². The van der Waals surface area contributed by atoms with Crippen LogP contribution in [0, 0.1) is 0 Å². The molecule has 0 N–H and O–H groups in total. The Balaban J connectivity index is 1.73. The highest BCUT2D eigenvalue weighted by Crippen LogP contribution is 2.49. The van der Waals surface area contributed by atoms with Crippen molar-refractivity contribution in [3.63, 3.8) is 0 Å². The summed E-state index contributed by atoms with van der Waals surface area (Å²) in [5.41, 5.74) is 1.66. The normalized spacial score (nSPS) is 15.7. The van der Waals surface area contributed by atoms with Gasteiger partial charge in [-0.3, -0.25) is 4.79 Å². The highest BCUT2D eigenvalue weighted by atomic mass is 16.5. The van der Waals surface area contributed by atoms with Gasteiger partial charge in [-0.1, -0.05) is 25.5 Å². The summed E-state index contributed by atoms with van der Waals surface area (Å²) in [6, 6.07) is 9.93. The molecular weight excluding hydrogens is 264 g/mol. The number of rotatable bonds is 6. The molecule has 1 heterocycles. The van der Waals surface area contributed by atoms with E-state index in [0.29, 0.717) is 6.61 Å². The molecule has 0 saturated heterocycles. The number of ether oxygens (including phenoxy) is 1. The second-order valence-corrected chi connectivity index (χ2v) is 5.57. The topological polar surface area (TPSA) is 44.1 Å². The molecule has 21 heavy (non-hydrogen) atoms. The Bertz CT molecular complexity index is 598. The van der Waals surface area contributed by atoms with Gasteiger partial charge in [-0.2, -0.15) is 5.10 Å². The molecular formula is C17H20N2O2. The number of carbonyl (C=O) groups excluding carboxylic acids is 1. The van der Waals surface area contributed by atoms with Crippen molar-refractivity contribution >= 4 is 5.97 Å². The van der Waals surface area contributed by atoms with E-state index < -0.39 is 5.41 Å². The molecule has 0 spiro atoms. The maximum atomic E-state index is 12.3. The van der Waals surface area contributed by atoms with E-state index in [1.165, 1.54) is 0 Å². The molecule has 0 bridgehead atoms. The van der Waals surface area contributed by atoms with E-state index in [1.54, 1.807) is 6.20 Å². The van der Waals surface area contributed by atoms with Gasteiger partial charge in [0.1, 0.15) is 0 Å². The van der Waals surface area contributed by atoms with E-state index in [-0.39, 0.29) is 5.97 Å². The van der Waals surface area contributed by atoms with E-state index in [4.69, 9.17) is 4.74 Å². The van der Waals surface area contributed by atoms with Crippen LogP contribution in [0.2, 0.25) is 0 Å². The molecule has 0 atom stereocenters. The number of aromatic nitrogens is 2. The molecule has 1 fully saturated rings. The summed E-state index contributed by atoms with van der Waals surface area (Å²) in [6.07, 6.45) is 7.40. The standard InChI is InChI=1S/C17H20N2O2/c1-2-3-13-21-16(20)17(9-10-17)14-5-7-15(8-6-14)19-12-4-11-18-19/h4-8,11-12H,2-3,9-10,13H2,1H3. The van der Waals surface area contributed by atoms with Crippen LogP contribution in [0.1, 0.15) is 38.2 Å². The summed E-state index contributed by atoms with van der Waals surface area (Å²) in [6.45, 7) is 2.62. The van der Waals surface area contributed by atoms with Crippen LogP contribution in [0.15, 0.2) is 42.7 Å².